The Bertz CT molecular complexity index is 1290. The monoisotopic (exact) mass is 517 g/mol. The van der Waals surface area contributed by atoms with Gasteiger partial charge < -0.3 is 24.4 Å². The quantitative estimate of drug-likeness (QED) is 0.347. The molecule has 0 atom stereocenters. The number of ketones is 1. The van der Waals surface area contributed by atoms with Crippen LogP contribution >= 0.6 is 0 Å². The van der Waals surface area contributed by atoms with E-state index in [0.29, 0.717) is 24.0 Å². The van der Waals surface area contributed by atoms with Crippen LogP contribution in [0, 0.1) is 0 Å². The zero-order valence-corrected chi connectivity index (χ0v) is 21.9. The molecular weight excluding hydrogens is 482 g/mol. The Morgan fingerprint density at radius 2 is 1.61 bits per heavy atom. The van der Waals surface area contributed by atoms with Crippen molar-refractivity contribution in [2.45, 2.75) is 19.4 Å². The maximum absolute atomic E-state index is 13.1. The Hall–Kier alpha value is -3.85. The number of aromatic nitrogens is 1. The summed E-state index contributed by atoms with van der Waals surface area (Å²) in [4.78, 5) is 45.1. The Morgan fingerprint density at radius 3 is 2.32 bits per heavy atom. The lowest BCUT2D eigenvalue weighted by Crippen LogP contribution is -2.48. The lowest BCUT2D eigenvalue weighted by molar-refractivity contribution is -0.130. The van der Waals surface area contributed by atoms with E-state index in [1.807, 2.05) is 41.3 Å². The third kappa shape index (κ3) is 5.67. The number of benzene rings is 2. The third-order valence-corrected chi connectivity index (χ3v) is 7.53. The van der Waals surface area contributed by atoms with E-state index >= 15 is 0 Å². The molecule has 0 radical (unpaired) electrons. The molecule has 200 valence electrons. The molecular formula is C29H35N5O4. The van der Waals surface area contributed by atoms with Gasteiger partial charge in [-0.3, -0.25) is 19.3 Å². The highest BCUT2D eigenvalue weighted by Crippen LogP contribution is 2.23. The van der Waals surface area contributed by atoms with Crippen molar-refractivity contribution in [3.05, 3.63) is 60.3 Å². The summed E-state index contributed by atoms with van der Waals surface area (Å²) < 4.78 is 7.03. The summed E-state index contributed by atoms with van der Waals surface area (Å²) in [5.74, 6) is -0.301. The van der Waals surface area contributed by atoms with Crippen molar-refractivity contribution < 1.29 is 19.1 Å². The van der Waals surface area contributed by atoms with Gasteiger partial charge in [0.25, 0.3) is 11.7 Å². The standard InChI is InChI=1S/C29H35N5O4/c1-38-23-10-8-22(9-11-23)32-18-16-31(17-19-32)15-12-30-29(37)28(36)25-20-34(26-7-3-2-6-24(25)26)21-27(35)33-13-4-5-14-33/h2-3,6-11,20H,4-5,12-19,21H2,1H3,(H,30,37). The number of rotatable bonds is 9. The van der Waals surface area contributed by atoms with E-state index in [2.05, 4.69) is 27.2 Å². The maximum atomic E-state index is 13.1. The molecule has 2 aromatic carbocycles. The molecule has 38 heavy (non-hydrogen) atoms. The Balaban J connectivity index is 1.13. The number of nitrogens with zero attached hydrogens (tertiary/aromatic N) is 4. The number of hydrogen-bond donors (Lipinski definition) is 1. The molecule has 1 N–H and O–H groups in total. The summed E-state index contributed by atoms with van der Waals surface area (Å²) in [6.07, 6.45) is 3.71. The first-order valence-electron chi connectivity index (χ1n) is 13.3. The topological polar surface area (TPSA) is 87.1 Å². The number of carbonyl (C=O) groups excluding carboxylic acids is 3. The molecule has 2 aliphatic heterocycles. The van der Waals surface area contributed by atoms with Gasteiger partial charge in [-0.25, -0.2) is 0 Å². The zero-order chi connectivity index (χ0) is 26.5. The van der Waals surface area contributed by atoms with Gasteiger partial charge in [-0.05, 0) is 43.2 Å². The second-order valence-corrected chi connectivity index (χ2v) is 9.89. The highest BCUT2D eigenvalue weighted by Gasteiger charge is 2.24. The van der Waals surface area contributed by atoms with Crippen LogP contribution in [0.1, 0.15) is 23.2 Å². The van der Waals surface area contributed by atoms with Crippen molar-refractivity contribution in [3.63, 3.8) is 0 Å². The van der Waals surface area contributed by atoms with Gasteiger partial charge in [0.1, 0.15) is 12.3 Å². The van der Waals surface area contributed by atoms with Gasteiger partial charge in [0, 0.05) is 75.1 Å². The molecule has 0 aliphatic carbocycles. The van der Waals surface area contributed by atoms with E-state index < -0.39 is 11.7 Å². The Morgan fingerprint density at radius 1 is 0.895 bits per heavy atom. The number of likely N-dealkylation sites (tertiary alicyclic amines) is 1. The maximum Gasteiger partial charge on any atom is 0.292 e. The Kier molecular flexibility index (Phi) is 7.93. The minimum atomic E-state index is -0.615. The second-order valence-electron chi connectivity index (χ2n) is 9.89. The number of hydrogen-bond acceptors (Lipinski definition) is 6. The summed E-state index contributed by atoms with van der Waals surface area (Å²) in [5.41, 5.74) is 2.29. The molecule has 9 nitrogen and oxygen atoms in total. The second kappa shape index (κ2) is 11.7. The fourth-order valence-electron chi connectivity index (χ4n) is 5.32. The molecule has 0 unspecified atom stereocenters. The van der Waals surface area contributed by atoms with E-state index in [4.69, 9.17) is 4.74 Å². The first kappa shape index (κ1) is 25.8. The predicted molar refractivity (Wildman–Crippen MR) is 147 cm³/mol. The van der Waals surface area contributed by atoms with Crippen molar-refractivity contribution >= 4 is 34.2 Å². The number of fused-ring (bicyclic) bond motifs is 1. The Labute approximate surface area is 222 Å². The minimum Gasteiger partial charge on any atom is -0.497 e. The molecule has 3 aromatic rings. The number of Topliss-reactive ketones (excluding diaryl/α,β-unsaturated/α-hetero) is 1. The van der Waals surface area contributed by atoms with Crippen LogP contribution < -0.4 is 15.0 Å². The third-order valence-electron chi connectivity index (χ3n) is 7.53. The van der Waals surface area contributed by atoms with Crippen molar-refractivity contribution in [1.82, 2.24) is 19.7 Å². The van der Waals surface area contributed by atoms with Crippen LogP contribution in [0.3, 0.4) is 0 Å². The van der Waals surface area contributed by atoms with Crippen molar-refractivity contribution in [2.75, 3.05) is 64.4 Å². The van der Waals surface area contributed by atoms with Gasteiger partial charge in [0.05, 0.1) is 12.7 Å². The number of anilines is 1. The fourth-order valence-corrected chi connectivity index (χ4v) is 5.32. The van der Waals surface area contributed by atoms with Gasteiger partial charge >= 0.3 is 0 Å². The molecule has 0 bridgehead atoms. The van der Waals surface area contributed by atoms with Gasteiger partial charge in [0.15, 0.2) is 0 Å². The van der Waals surface area contributed by atoms with Crippen LogP contribution in [0.15, 0.2) is 54.7 Å². The minimum absolute atomic E-state index is 0.0405. The van der Waals surface area contributed by atoms with Crippen LogP contribution in [0.5, 0.6) is 5.75 Å². The van der Waals surface area contributed by atoms with E-state index in [1.165, 1.54) is 5.69 Å². The van der Waals surface area contributed by atoms with Gasteiger partial charge in [0.2, 0.25) is 5.91 Å². The van der Waals surface area contributed by atoms with E-state index in [1.54, 1.807) is 17.9 Å². The first-order valence-corrected chi connectivity index (χ1v) is 13.3. The molecule has 3 heterocycles. The van der Waals surface area contributed by atoms with E-state index in [9.17, 15) is 14.4 Å². The molecule has 1 aromatic heterocycles. The summed E-state index contributed by atoms with van der Waals surface area (Å²) in [6, 6.07) is 15.5. The fraction of sp³-hybridized carbons (Fsp3) is 0.414. The van der Waals surface area contributed by atoms with Gasteiger partial charge in [-0.15, -0.1) is 0 Å². The SMILES string of the molecule is COc1ccc(N2CCN(CCNC(=O)C(=O)c3cn(CC(=O)N4CCCC4)c4ccccc34)CC2)cc1. The number of ether oxygens (including phenoxy) is 1. The summed E-state index contributed by atoms with van der Waals surface area (Å²) in [6.45, 7) is 6.37. The molecule has 2 aliphatic rings. The summed E-state index contributed by atoms with van der Waals surface area (Å²) >= 11 is 0. The van der Waals surface area contributed by atoms with Crippen LogP contribution in [0.2, 0.25) is 0 Å². The highest BCUT2D eigenvalue weighted by atomic mass is 16.5. The zero-order valence-electron chi connectivity index (χ0n) is 21.9. The highest BCUT2D eigenvalue weighted by molar-refractivity contribution is 6.45. The van der Waals surface area contributed by atoms with Crippen LogP contribution in [-0.2, 0) is 16.1 Å². The van der Waals surface area contributed by atoms with Crippen LogP contribution in [-0.4, -0.2) is 91.4 Å². The molecule has 2 fully saturated rings. The number of piperazine rings is 1. The number of carbonyl (C=O) groups is 3. The van der Waals surface area contributed by atoms with Gasteiger partial charge in [-0.1, -0.05) is 18.2 Å². The van der Waals surface area contributed by atoms with Crippen molar-refractivity contribution in [1.29, 1.82) is 0 Å². The lowest BCUT2D eigenvalue weighted by Gasteiger charge is -2.36. The average Bonchev–Trinajstić information content (AvgIpc) is 3.62. The molecule has 9 heteroatoms. The summed E-state index contributed by atoms with van der Waals surface area (Å²) in [7, 11) is 1.66. The molecule has 5 rings (SSSR count). The van der Waals surface area contributed by atoms with Gasteiger partial charge in [-0.2, -0.15) is 0 Å². The van der Waals surface area contributed by atoms with Crippen LogP contribution in [0.4, 0.5) is 5.69 Å². The number of nitrogens with one attached hydrogen (secondary N) is 1. The molecule has 2 saturated heterocycles. The lowest BCUT2D eigenvalue weighted by atomic mass is 10.1. The normalized spacial score (nSPS) is 16.1. The van der Waals surface area contributed by atoms with Crippen molar-refractivity contribution in [3.8, 4) is 5.75 Å². The van der Waals surface area contributed by atoms with Crippen molar-refractivity contribution in [2.24, 2.45) is 0 Å². The molecule has 0 spiro atoms. The smallest absolute Gasteiger partial charge is 0.292 e. The molecule has 2 amide bonds. The first-order chi connectivity index (χ1) is 18.5. The van der Waals surface area contributed by atoms with E-state index in [-0.39, 0.29) is 12.5 Å². The largest absolute Gasteiger partial charge is 0.497 e. The number of amides is 2. The summed E-state index contributed by atoms with van der Waals surface area (Å²) in [5, 5.41) is 3.49. The average molecular weight is 518 g/mol. The van der Waals surface area contributed by atoms with E-state index in [0.717, 1.165) is 63.4 Å². The predicted octanol–water partition coefficient (Wildman–Crippen LogP) is 2.39. The molecule has 0 saturated carbocycles. The number of para-hydroxylation sites is 1. The number of methoxy groups -OCH3 is 1. The van der Waals surface area contributed by atoms with Crippen LogP contribution in [0.25, 0.3) is 10.9 Å².